The molecule has 4 aromatic carbocycles. The second-order valence-electron chi connectivity index (χ2n) is 14.0. The molecule has 0 aliphatic rings. The maximum Gasteiger partial charge on any atom is 0.343 e. The molecule has 10 heteroatoms. The molecule has 2 N–H and O–H groups in total. The van der Waals surface area contributed by atoms with Crippen LogP contribution in [0.1, 0.15) is 108 Å². The van der Waals surface area contributed by atoms with E-state index in [9.17, 15) is 19.7 Å². The predicted octanol–water partition coefficient (Wildman–Crippen LogP) is 11.7. The highest BCUT2D eigenvalue weighted by atomic mass is 16.6. The molecule has 0 bridgehead atoms. The summed E-state index contributed by atoms with van der Waals surface area (Å²) in [5.41, 5.74) is 9.95. The molecule has 0 aliphatic heterocycles. The number of anilines is 1. The molecule has 298 valence electrons. The van der Waals surface area contributed by atoms with E-state index in [1.54, 1.807) is 36.4 Å². The molecule has 0 heterocycles. The summed E-state index contributed by atoms with van der Waals surface area (Å²) >= 11 is 0. The highest BCUT2D eigenvalue weighted by molar-refractivity contribution is 5.92. The lowest BCUT2D eigenvalue weighted by Gasteiger charge is -2.16. The van der Waals surface area contributed by atoms with E-state index in [1.807, 2.05) is 43.3 Å². The number of nitrogen functional groups attached to an aromatic ring is 1. The van der Waals surface area contributed by atoms with Crippen LogP contribution >= 0.6 is 0 Å². The van der Waals surface area contributed by atoms with Gasteiger partial charge in [-0.25, -0.2) is 9.59 Å². The van der Waals surface area contributed by atoms with E-state index in [2.05, 4.69) is 13.5 Å². The average Bonchev–Trinajstić information content (AvgIpc) is 3.20. The van der Waals surface area contributed by atoms with Crippen LogP contribution in [0.3, 0.4) is 0 Å². The van der Waals surface area contributed by atoms with Crippen LogP contribution in [0.25, 0.3) is 22.3 Å². The normalized spacial score (nSPS) is 11.4. The van der Waals surface area contributed by atoms with Crippen molar-refractivity contribution in [1.82, 2.24) is 0 Å². The van der Waals surface area contributed by atoms with Crippen LogP contribution < -0.4 is 19.9 Å². The third-order valence-electron chi connectivity index (χ3n) is 9.52. The van der Waals surface area contributed by atoms with Crippen molar-refractivity contribution in [3.05, 3.63) is 113 Å². The summed E-state index contributed by atoms with van der Waals surface area (Å²) in [4.78, 5) is 35.4. The molecule has 0 radical (unpaired) electrons. The molecule has 1 atom stereocenters. The largest absolute Gasteiger partial charge is 0.494 e. The number of benzene rings is 4. The van der Waals surface area contributed by atoms with Crippen molar-refractivity contribution in [3.8, 4) is 39.5 Å². The van der Waals surface area contributed by atoms with Gasteiger partial charge >= 0.3 is 17.6 Å². The smallest absolute Gasteiger partial charge is 0.343 e. The number of nitro benzene ring substituents is 1. The van der Waals surface area contributed by atoms with Crippen LogP contribution in [0.2, 0.25) is 0 Å². The van der Waals surface area contributed by atoms with Gasteiger partial charge in [0.2, 0.25) is 0 Å². The van der Waals surface area contributed by atoms with Crippen molar-refractivity contribution in [3.63, 3.8) is 0 Å². The number of carbonyl (C=O) groups is 2. The Kier molecular flexibility index (Phi) is 17.9. The van der Waals surface area contributed by atoms with Crippen molar-refractivity contribution < 1.29 is 33.5 Å². The molecule has 10 nitrogen and oxygen atoms in total. The summed E-state index contributed by atoms with van der Waals surface area (Å²) < 4.78 is 22.5. The first kappa shape index (κ1) is 43.1. The highest BCUT2D eigenvalue weighted by Gasteiger charge is 2.22. The fraction of sp³-hybridized carbons (Fsp3) is 0.391. The lowest BCUT2D eigenvalue weighted by molar-refractivity contribution is -0.386. The van der Waals surface area contributed by atoms with E-state index in [0.717, 1.165) is 68.2 Å². The minimum atomic E-state index is -0.525. The lowest BCUT2D eigenvalue weighted by Crippen LogP contribution is -2.13. The summed E-state index contributed by atoms with van der Waals surface area (Å²) in [5.74, 6) is 0.513. The Labute approximate surface area is 331 Å². The van der Waals surface area contributed by atoms with E-state index in [0.29, 0.717) is 41.3 Å². The van der Waals surface area contributed by atoms with E-state index in [1.165, 1.54) is 50.3 Å². The number of unbranched alkanes of at least 4 members (excludes halogenated alkanes) is 10. The van der Waals surface area contributed by atoms with Crippen LogP contribution in [-0.2, 0) is 9.53 Å². The maximum absolute atomic E-state index is 13.0. The van der Waals surface area contributed by atoms with Gasteiger partial charge in [-0.05, 0) is 85.7 Å². The zero-order valence-corrected chi connectivity index (χ0v) is 32.8. The first-order chi connectivity index (χ1) is 27.2. The third kappa shape index (κ3) is 14.2. The SMILES string of the molecule is C=CC(=O)OCCCCCCCCCCCOc1ccc(-c2ccc(OC(=O)c3ccc(-c4cc([N+](=O)[O-])c(O[C@H](C)CCCCC)cc4N)cc3)cc2)cc1. The van der Waals surface area contributed by atoms with Crippen molar-refractivity contribution in [2.45, 2.75) is 103 Å². The summed E-state index contributed by atoms with van der Waals surface area (Å²) in [6.07, 6.45) is 15.1. The van der Waals surface area contributed by atoms with Gasteiger partial charge in [0.1, 0.15) is 11.5 Å². The van der Waals surface area contributed by atoms with Crippen LogP contribution in [0.5, 0.6) is 17.2 Å². The number of hydrogen-bond acceptors (Lipinski definition) is 9. The minimum Gasteiger partial charge on any atom is -0.494 e. The number of nitrogens with zero attached hydrogens (tertiary/aromatic N) is 1. The first-order valence-electron chi connectivity index (χ1n) is 19.9. The van der Waals surface area contributed by atoms with E-state index >= 15 is 0 Å². The van der Waals surface area contributed by atoms with Gasteiger partial charge < -0.3 is 24.7 Å². The minimum absolute atomic E-state index is 0.147. The molecule has 4 aromatic rings. The standard InChI is InChI=1S/C46H56N2O8/c1-4-6-14-17-34(3)55-44-33-42(47)41(32-43(44)48(51)52)37-18-20-38(21-19-37)46(50)56-40-28-24-36(25-29-40)35-22-26-39(27-23-35)53-30-15-12-10-8-7-9-11-13-16-31-54-45(49)5-2/h5,18-29,32-34H,2,4,6-17,30-31,47H2,1,3H3/t34-/m1/s1. The molecule has 0 aromatic heterocycles. The zero-order valence-electron chi connectivity index (χ0n) is 32.8. The number of nitrogens with two attached hydrogens (primary N) is 1. The summed E-state index contributed by atoms with van der Waals surface area (Å²) in [6.45, 7) is 8.57. The molecular formula is C46H56N2O8. The molecular weight excluding hydrogens is 709 g/mol. The molecule has 0 spiro atoms. The Morgan fingerprint density at radius 2 is 1.30 bits per heavy atom. The fourth-order valence-electron chi connectivity index (χ4n) is 6.30. The molecule has 0 saturated carbocycles. The number of esters is 2. The number of ether oxygens (including phenoxy) is 4. The van der Waals surface area contributed by atoms with E-state index in [4.69, 9.17) is 24.7 Å². The van der Waals surface area contributed by atoms with E-state index < -0.39 is 10.9 Å². The van der Waals surface area contributed by atoms with Gasteiger partial charge in [0, 0.05) is 29.5 Å². The van der Waals surface area contributed by atoms with Gasteiger partial charge in [-0.1, -0.05) is 108 Å². The molecule has 4 rings (SSSR count). The molecule has 0 fully saturated rings. The summed E-state index contributed by atoms with van der Waals surface area (Å²) in [5, 5.41) is 11.9. The Balaban J connectivity index is 1.19. The summed E-state index contributed by atoms with van der Waals surface area (Å²) in [7, 11) is 0. The van der Waals surface area contributed by atoms with Crippen molar-refractivity contribution in [1.29, 1.82) is 0 Å². The Bertz CT molecular complexity index is 1840. The van der Waals surface area contributed by atoms with E-state index in [-0.39, 0.29) is 23.5 Å². The lowest BCUT2D eigenvalue weighted by atomic mass is 10.0. The second-order valence-corrected chi connectivity index (χ2v) is 14.0. The van der Waals surface area contributed by atoms with Crippen molar-refractivity contribution in [2.24, 2.45) is 0 Å². The predicted molar refractivity (Wildman–Crippen MR) is 222 cm³/mol. The second kappa shape index (κ2) is 23.3. The molecule has 56 heavy (non-hydrogen) atoms. The van der Waals surface area contributed by atoms with Crippen LogP contribution in [-0.4, -0.2) is 36.2 Å². The number of nitro groups is 1. The number of rotatable bonds is 25. The van der Waals surface area contributed by atoms with Gasteiger partial charge in [0.05, 0.1) is 29.8 Å². The van der Waals surface area contributed by atoms with Gasteiger partial charge in [-0.2, -0.15) is 0 Å². The van der Waals surface area contributed by atoms with Crippen LogP contribution in [0.15, 0.2) is 97.6 Å². The number of carbonyl (C=O) groups excluding carboxylic acids is 2. The van der Waals surface area contributed by atoms with Crippen LogP contribution in [0, 0.1) is 10.1 Å². The zero-order chi connectivity index (χ0) is 40.1. The quantitative estimate of drug-likeness (QED) is 0.0133. The van der Waals surface area contributed by atoms with Gasteiger partial charge in [-0.3, -0.25) is 10.1 Å². The first-order valence-corrected chi connectivity index (χ1v) is 19.9. The van der Waals surface area contributed by atoms with Gasteiger partial charge in [-0.15, -0.1) is 0 Å². The third-order valence-corrected chi connectivity index (χ3v) is 9.52. The van der Waals surface area contributed by atoms with Gasteiger partial charge in [0.15, 0.2) is 5.75 Å². The molecule has 0 saturated heterocycles. The molecule has 0 aliphatic carbocycles. The van der Waals surface area contributed by atoms with Crippen LogP contribution in [0.4, 0.5) is 11.4 Å². The topological polar surface area (TPSA) is 140 Å². The summed E-state index contributed by atoms with van der Waals surface area (Å²) in [6, 6.07) is 24.8. The highest BCUT2D eigenvalue weighted by Crippen LogP contribution is 2.38. The fourth-order valence-corrected chi connectivity index (χ4v) is 6.30. The van der Waals surface area contributed by atoms with Gasteiger partial charge in [0.25, 0.3) is 0 Å². The Hall–Kier alpha value is -5.64. The molecule has 0 amide bonds. The molecule has 0 unspecified atom stereocenters. The monoisotopic (exact) mass is 764 g/mol. The van der Waals surface area contributed by atoms with Crippen molar-refractivity contribution in [2.75, 3.05) is 18.9 Å². The maximum atomic E-state index is 13.0. The number of hydrogen-bond donors (Lipinski definition) is 1. The Morgan fingerprint density at radius 3 is 1.88 bits per heavy atom. The average molecular weight is 765 g/mol. The Morgan fingerprint density at radius 1 is 0.750 bits per heavy atom. The van der Waals surface area contributed by atoms with Crippen molar-refractivity contribution >= 4 is 23.3 Å².